The molecule has 2 aromatic rings. The third-order valence-corrected chi connectivity index (χ3v) is 3.59. The monoisotopic (exact) mass is 245 g/mol. The van der Waals surface area contributed by atoms with E-state index in [1.165, 1.54) is 17.5 Å². The summed E-state index contributed by atoms with van der Waals surface area (Å²) in [7, 11) is 0. The molecule has 0 aliphatic carbocycles. The SMILES string of the molecule is CCCNC(Cc1ccsc1)c1ccccc1. The van der Waals surface area contributed by atoms with Gasteiger partial charge in [-0.05, 0) is 47.3 Å². The first-order chi connectivity index (χ1) is 8.40. The molecule has 2 heteroatoms. The number of thiophene rings is 1. The van der Waals surface area contributed by atoms with E-state index in [1.807, 2.05) is 0 Å². The summed E-state index contributed by atoms with van der Waals surface area (Å²) in [4.78, 5) is 0. The van der Waals surface area contributed by atoms with Crippen LogP contribution in [-0.2, 0) is 6.42 Å². The van der Waals surface area contributed by atoms with Crippen molar-refractivity contribution in [2.75, 3.05) is 6.54 Å². The molecule has 17 heavy (non-hydrogen) atoms. The predicted molar refractivity (Wildman–Crippen MR) is 75.5 cm³/mol. The second kappa shape index (κ2) is 6.58. The summed E-state index contributed by atoms with van der Waals surface area (Å²) < 4.78 is 0. The summed E-state index contributed by atoms with van der Waals surface area (Å²) >= 11 is 1.77. The number of benzene rings is 1. The molecule has 2 rings (SSSR count). The predicted octanol–water partition coefficient (Wildman–Crippen LogP) is 4.03. The molecule has 0 amide bonds. The van der Waals surface area contributed by atoms with Crippen LogP contribution in [0.2, 0.25) is 0 Å². The summed E-state index contributed by atoms with van der Waals surface area (Å²) in [6, 6.07) is 13.4. The van der Waals surface area contributed by atoms with Crippen LogP contribution in [0, 0.1) is 0 Å². The van der Waals surface area contributed by atoms with Crippen LogP contribution in [-0.4, -0.2) is 6.54 Å². The van der Waals surface area contributed by atoms with E-state index in [1.54, 1.807) is 11.3 Å². The second-order valence-electron chi connectivity index (χ2n) is 4.25. The summed E-state index contributed by atoms with van der Waals surface area (Å²) in [5, 5.41) is 8.02. The minimum absolute atomic E-state index is 0.436. The van der Waals surface area contributed by atoms with E-state index in [-0.39, 0.29) is 0 Å². The van der Waals surface area contributed by atoms with E-state index in [9.17, 15) is 0 Å². The highest BCUT2D eigenvalue weighted by atomic mass is 32.1. The Morgan fingerprint density at radius 1 is 1.18 bits per heavy atom. The Bertz CT molecular complexity index is 408. The number of hydrogen-bond donors (Lipinski definition) is 1. The molecule has 1 unspecified atom stereocenters. The maximum absolute atomic E-state index is 3.63. The van der Waals surface area contributed by atoms with Gasteiger partial charge in [0.05, 0.1) is 0 Å². The van der Waals surface area contributed by atoms with Gasteiger partial charge in [-0.15, -0.1) is 0 Å². The Labute approximate surface area is 108 Å². The lowest BCUT2D eigenvalue weighted by molar-refractivity contribution is 0.530. The van der Waals surface area contributed by atoms with Crippen molar-refractivity contribution in [2.24, 2.45) is 0 Å². The molecule has 90 valence electrons. The van der Waals surface area contributed by atoms with Crippen LogP contribution in [0.4, 0.5) is 0 Å². The molecule has 0 radical (unpaired) electrons. The van der Waals surface area contributed by atoms with Gasteiger partial charge in [0.2, 0.25) is 0 Å². The van der Waals surface area contributed by atoms with Crippen molar-refractivity contribution in [3.05, 3.63) is 58.3 Å². The molecule has 0 bridgehead atoms. The summed E-state index contributed by atoms with van der Waals surface area (Å²) in [6.07, 6.45) is 2.25. The molecule has 1 N–H and O–H groups in total. The maximum atomic E-state index is 3.63. The molecule has 1 aromatic carbocycles. The van der Waals surface area contributed by atoms with Crippen molar-refractivity contribution in [3.8, 4) is 0 Å². The molecule has 0 spiro atoms. The molecule has 0 aliphatic rings. The Hall–Kier alpha value is -1.12. The van der Waals surface area contributed by atoms with Gasteiger partial charge in [-0.1, -0.05) is 37.3 Å². The summed E-state index contributed by atoms with van der Waals surface area (Å²) in [6.45, 7) is 3.28. The zero-order chi connectivity index (χ0) is 11.9. The van der Waals surface area contributed by atoms with E-state index < -0.39 is 0 Å². The highest BCUT2D eigenvalue weighted by Crippen LogP contribution is 2.19. The molecular weight excluding hydrogens is 226 g/mol. The van der Waals surface area contributed by atoms with Crippen molar-refractivity contribution < 1.29 is 0 Å². The fraction of sp³-hybridized carbons (Fsp3) is 0.333. The zero-order valence-electron chi connectivity index (χ0n) is 10.2. The lowest BCUT2D eigenvalue weighted by Gasteiger charge is -2.18. The second-order valence-corrected chi connectivity index (χ2v) is 5.03. The number of rotatable bonds is 6. The molecule has 0 saturated heterocycles. The Kier molecular flexibility index (Phi) is 4.77. The Morgan fingerprint density at radius 2 is 2.00 bits per heavy atom. The van der Waals surface area contributed by atoms with Gasteiger partial charge >= 0.3 is 0 Å². The molecule has 0 aliphatic heterocycles. The van der Waals surface area contributed by atoms with Crippen LogP contribution in [0.3, 0.4) is 0 Å². The van der Waals surface area contributed by atoms with Crippen molar-refractivity contribution in [3.63, 3.8) is 0 Å². The fourth-order valence-electron chi connectivity index (χ4n) is 1.96. The minimum atomic E-state index is 0.436. The van der Waals surface area contributed by atoms with Crippen LogP contribution < -0.4 is 5.32 Å². The third kappa shape index (κ3) is 3.69. The number of nitrogens with one attached hydrogen (secondary N) is 1. The lowest BCUT2D eigenvalue weighted by Crippen LogP contribution is -2.23. The highest BCUT2D eigenvalue weighted by molar-refractivity contribution is 7.07. The van der Waals surface area contributed by atoms with Gasteiger partial charge in [0.25, 0.3) is 0 Å². The largest absolute Gasteiger partial charge is 0.310 e. The van der Waals surface area contributed by atoms with Crippen molar-refractivity contribution in [2.45, 2.75) is 25.8 Å². The van der Waals surface area contributed by atoms with Crippen molar-refractivity contribution in [1.29, 1.82) is 0 Å². The van der Waals surface area contributed by atoms with E-state index in [0.717, 1.165) is 13.0 Å². The average Bonchev–Trinajstić information content (AvgIpc) is 2.88. The molecule has 0 fully saturated rings. The molecule has 1 atom stereocenters. The summed E-state index contributed by atoms with van der Waals surface area (Å²) in [5.41, 5.74) is 2.81. The lowest BCUT2D eigenvalue weighted by atomic mass is 10.0. The van der Waals surface area contributed by atoms with Gasteiger partial charge in [-0.3, -0.25) is 0 Å². The first kappa shape index (κ1) is 12.3. The van der Waals surface area contributed by atoms with Gasteiger partial charge in [0, 0.05) is 6.04 Å². The first-order valence-corrected chi connectivity index (χ1v) is 7.14. The molecule has 0 saturated carbocycles. The first-order valence-electron chi connectivity index (χ1n) is 6.19. The fourth-order valence-corrected chi connectivity index (χ4v) is 2.64. The van der Waals surface area contributed by atoms with Crippen LogP contribution in [0.15, 0.2) is 47.2 Å². The van der Waals surface area contributed by atoms with E-state index in [2.05, 4.69) is 59.4 Å². The maximum Gasteiger partial charge on any atom is 0.0361 e. The third-order valence-electron chi connectivity index (χ3n) is 2.86. The Balaban J connectivity index is 2.08. The van der Waals surface area contributed by atoms with E-state index >= 15 is 0 Å². The smallest absolute Gasteiger partial charge is 0.0361 e. The van der Waals surface area contributed by atoms with Crippen LogP contribution in [0.25, 0.3) is 0 Å². The quantitative estimate of drug-likeness (QED) is 0.810. The van der Waals surface area contributed by atoms with Crippen molar-refractivity contribution >= 4 is 11.3 Å². The topological polar surface area (TPSA) is 12.0 Å². The van der Waals surface area contributed by atoms with Gasteiger partial charge < -0.3 is 5.32 Å². The van der Waals surface area contributed by atoms with Crippen molar-refractivity contribution in [1.82, 2.24) is 5.32 Å². The standard InChI is InChI=1S/C15H19NS/c1-2-9-16-15(11-13-8-10-17-12-13)14-6-4-3-5-7-14/h3-8,10,12,15-16H,2,9,11H2,1H3. The number of hydrogen-bond acceptors (Lipinski definition) is 2. The van der Waals surface area contributed by atoms with E-state index in [4.69, 9.17) is 0 Å². The van der Waals surface area contributed by atoms with Gasteiger partial charge in [-0.2, -0.15) is 11.3 Å². The van der Waals surface area contributed by atoms with Gasteiger partial charge in [0.1, 0.15) is 0 Å². The van der Waals surface area contributed by atoms with Crippen LogP contribution >= 0.6 is 11.3 Å². The summed E-state index contributed by atoms with van der Waals surface area (Å²) in [5.74, 6) is 0. The van der Waals surface area contributed by atoms with Crippen LogP contribution in [0.5, 0.6) is 0 Å². The molecule has 1 heterocycles. The van der Waals surface area contributed by atoms with Gasteiger partial charge in [0.15, 0.2) is 0 Å². The molecule has 1 aromatic heterocycles. The zero-order valence-corrected chi connectivity index (χ0v) is 11.0. The Morgan fingerprint density at radius 3 is 2.65 bits per heavy atom. The van der Waals surface area contributed by atoms with Gasteiger partial charge in [-0.25, -0.2) is 0 Å². The minimum Gasteiger partial charge on any atom is -0.310 e. The molecule has 1 nitrogen and oxygen atoms in total. The van der Waals surface area contributed by atoms with E-state index in [0.29, 0.717) is 6.04 Å². The highest BCUT2D eigenvalue weighted by Gasteiger charge is 2.10. The average molecular weight is 245 g/mol. The normalized spacial score (nSPS) is 12.5. The van der Waals surface area contributed by atoms with Crippen LogP contribution in [0.1, 0.15) is 30.5 Å². The molecular formula is C15H19NS.